The molecule has 1 fully saturated rings. The van der Waals surface area contributed by atoms with Gasteiger partial charge in [0.25, 0.3) is 0 Å². The minimum atomic E-state index is -0.408. The van der Waals surface area contributed by atoms with Crippen LogP contribution in [0.5, 0.6) is 0 Å². The number of hydrogen-bond donors (Lipinski definition) is 2. The summed E-state index contributed by atoms with van der Waals surface area (Å²) < 4.78 is 12.7. The van der Waals surface area contributed by atoms with E-state index in [1.165, 1.54) is 23.9 Å². The van der Waals surface area contributed by atoms with Crippen LogP contribution in [0, 0.1) is 5.82 Å². The summed E-state index contributed by atoms with van der Waals surface area (Å²) in [6.45, 7) is 0. The lowest BCUT2D eigenvalue weighted by atomic mass is 9.93. The quantitative estimate of drug-likeness (QED) is 0.878. The van der Waals surface area contributed by atoms with E-state index in [4.69, 9.17) is 0 Å². The summed E-state index contributed by atoms with van der Waals surface area (Å²) in [4.78, 5) is 11.8. The van der Waals surface area contributed by atoms with Gasteiger partial charge < -0.3 is 10.4 Å². The molecule has 1 amide bonds. The number of rotatable bonds is 5. The van der Waals surface area contributed by atoms with Crippen molar-refractivity contribution in [1.82, 2.24) is 5.32 Å². The number of halogens is 1. The van der Waals surface area contributed by atoms with Crippen LogP contribution < -0.4 is 5.32 Å². The summed E-state index contributed by atoms with van der Waals surface area (Å²) in [5.74, 6) is 0.757. The molecule has 0 spiro atoms. The largest absolute Gasteiger partial charge is 0.391 e. The number of nitrogens with one attached hydrogen (secondary N) is 1. The fourth-order valence-electron chi connectivity index (χ4n) is 2.37. The summed E-state index contributed by atoms with van der Waals surface area (Å²) in [6.07, 6.45) is 3.32. The number of aliphatic hydroxyl groups excluding tert-OH is 1. The van der Waals surface area contributed by atoms with Gasteiger partial charge >= 0.3 is 0 Å². The lowest BCUT2D eigenvalue weighted by Gasteiger charge is -2.28. The molecule has 0 saturated heterocycles. The Kier molecular flexibility index (Phi) is 5.86. The van der Waals surface area contributed by atoms with E-state index >= 15 is 0 Å². The molecular formula is C15H20FNO2S. The van der Waals surface area contributed by atoms with Crippen LogP contribution in [0.3, 0.4) is 0 Å². The van der Waals surface area contributed by atoms with Crippen LogP contribution in [-0.4, -0.2) is 28.9 Å². The molecule has 0 radical (unpaired) electrons. The van der Waals surface area contributed by atoms with Crippen LogP contribution in [-0.2, 0) is 10.5 Å². The zero-order valence-electron chi connectivity index (χ0n) is 11.3. The molecule has 1 aliphatic rings. The Balaban J connectivity index is 1.68. The number of carbonyl (C=O) groups excluding carboxylic acids is 1. The highest BCUT2D eigenvalue weighted by molar-refractivity contribution is 7.99. The van der Waals surface area contributed by atoms with Crippen molar-refractivity contribution in [2.24, 2.45) is 0 Å². The third-order valence-electron chi connectivity index (χ3n) is 3.49. The molecule has 3 nitrogen and oxygen atoms in total. The first-order chi connectivity index (χ1) is 9.65. The lowest BCUT2D eigenvalue weighted by Crippen LogP contribution is -2.45. The molecule has 2 atom stereocenters. The molecule has 0 aliphatic heterocycles. The SMILES string of the molecule is O=C(CSCc1ccc(F)cc1)NC1CCCCC1O. The highest BCUT2D eigenvalue weighted by atomic mass is 32.2. The predicted molar refractivity (Wildman–Crippen MR) is 79.0 cm³/mol. The average molecular weight is 297 g/mol. The minimum absolute atomic E-state index is 0.0388. The van der Waals surface area contributed by atoms with Crippen LogP contribution in [0.2, 0.25) is 0 Å². The minimum Gasteiger partial charge on any atom is -0.391 e. The van der Waals surface area contributed by atoms with Crippen molar-refractivity contribution in [1.29, 1.82) is 0 Å². The van der Waals surface area contributed by atoms with Gasteiger partial charge in [-0.2, -0.15) is 0 Å². The van der Waals surface area contributed by atoms with E-state index in [9.17, 15) is 14.3 Å². The molecule has 1 aromatic rings. The van der Waals surface area contributed by atoms with E-state index < -0.39 is 6.10 Å². The summed E-state index contributed by atoms with van der Waals surface area (Å²) in [7, 11) is 0. The van der Waals surface area contributed by atoms with Gasteiger partial charge in [0.05, 0.1) is 17.9 Å². The highest BCUT2D eigenvalue weighted by Crippen LogP contribution is 2.19. The molecule has 110 valence electrons. The van der Waals surface area contributed by atoms with Crippen molar-refractivity contribution in [2.75, 3.05) is 5.75 Å². The molecule has 5 heteroatoms. The molecular weight excluding hydrogens is 277 g/mol. The number of carbonyl (C=O) groups is 1. The number of benzene rings is 1. The van der Waals surface area contributed by atoms with E-state index in [0.717, 1.165) is 31.2 Å². The molecule has 2 rings (SSSR count). The van der Waals surface area contributed by atoms with Crippen molar-refractivity contribution in [3.63, 3.8) is 0 Å². The van der Waals surface area contributed by atoms with Crippen molar-refractivity contribution in [3.05, 3.63) is 35.6 Å². The zero-order chi connectivity index (χ0) is 14.4. The van der Waals surface area contributed by atoms with Crippen molar-refractivity contribution < 1.29 is 14.3 Å². The molecule has 2 unspecified atom stereocenters. The van der Waals surface area contributed by atoms with E-state index in [2.05, 4.69) is 5.32 Å². The molecule has 0 heterocycles. The van der Waals surface area contributed by atoms with E-state index in [1.807, 2.05) is 0 Å². The van der Waals surface area contributed by atoms with Crippen LogP contribution >= 0.6 is 11.8 Å². The summed E-state index contributed by atoms with van der Waals surface area (Å²) >= 11 is 1.49. The van der Waals surface area contributed by atoms with Gasteiger partial charge in [0, 0.05) is 5.75 Å². The number of amides is 1. The Hall–Kier alpha value is -1.07. The third-order valence-corrected chi connectivity index (χ3v) is 4.49. The monoisotopic (exact) mass is 297 g/mol. The molecule has 1 aromatic carbocycles. The third kappa shape index (κ3) is 4.80. The van der Waals surface area contributed by atoms with Gasteiger partial charge in [0.15, 0.2) is 0 Å². The fourth-order valence-corrected chi connectivity index (χ4v) is 3.17. The smallest absolute Gasteiger partial charge is 0.230 e. The average Bonchev–Trinajstić information content (AvgIpc) is 2.44. The van der Waals surface area contributed by atoms with Crippen molar-refractivity contribution in [2.45, 2.75) is 43.6 Å². The van der Waals surface area contributed by atoms with E-state index in [0.29, 0.717) is 11.5 Å². The number of aliphatic hydroxyl groups is 1. The normalized spacial score (nSPS) is 22.5. The van der Waals surface area contributed by atoms with Crippen LogP contribution in [0.25, 0.3) is 0 Å². The molecule has 0 aromatic heterocycles. The second-order valence-corrected chi connectivity index (χ2v) is 6.13. The van der Waals surface area contributed by atoms with Crippen LogP contribution in [0.1, 0.15) is 31.2 Å². The van der Waals surface area contributed by atoms with Gasteiger partial charge in [-0.1, -0.05) is 25.0 Å². The molecule has 2 N–H and O–H groups in total. The first-order valence-corrected chi connectivity index (χ1v) is 8.10. The molecule has 20 heavy (non-hydrogen) atoms. The van der Waals surface area contributed by atoms with Gasteiger partial charge in [0.1, 0.15) is 5.82 Å². The Labute approximate surface area is 123 Å². The maximum Gasteiger partial charge on any atom is 0.230 e. The fraction of sp³-hybridized carbons (Fsp3) is 0.533. The predicted octanol–water partition coefficient (Wildman–Crippen LogP) is 2.48. The van der Waals surface area contributed by atoms with Crippen LogP contribution in [0.15, 0.2) is 24.3 Å². The van der Waals surface area contributed by atoms with Gasteiger partial charge in [0.2, 0.25) is 5.91 Å². The van der Waals surface area contributed by atoms with Crippen LogP contribution in [0.4, 0.5) is 4.39 Å². The highest BCUT2D eigenvalue weighted by Gasteiger charge is 2.24. The summed E-state index contributed by atoms with van der Waals surface area (Å²) in [5, 5.41) is 12.7. The summed E-state index contributed by atoms with van der Waals surface area (Å²) in [6, 6.07) is 6.21. The lowest BCUT2D eigenvalue weighted by molar-refractivity contribution is -0.120. The van der Waals surface area contributed by atoms with Gasteiger partial charge in [-0.25, -0.2) is 4.39 Å². The van der Waals surface area contributed by atoms with E-state index in [1.54, 1.807) is 12.1 Å². The van der Waals surface area contributed by atoms with E-state index in [-0.39, 0.29) is 17.8 Å². The van der Waals surface area contributed by atoms with Gasteiger partial charge in [-0.3, -0.25) is 4.79 Å². The van der Waals surface area contributed by atoms with Gasteiger partial charge in [-0.05, 0) is 30.5 Å². The Morgan fingerprint density at radius 1 is 1.30 bits per heavy atom. The Bertz CT molecular complexity index is 438. The Morgan fingerprint density at radius 3 is 2.70 bits per heavy atom. The first-order valence-electron chi connectivity index (χ1n) is 6.95. The zero-order valence-corrected chi connectivity index (χ0v) is 12.2. The Morgan fingerprint density at radius 2 is 2.00 bits per heavy atom. The molecule has 1 saturated carbocycles. The number of hydrogen-bond acceptors (Lipinski definition) is 3. The number of thioether (sulfide) groups is 1. The second-order valence-electron chi connectivity index (χ2n) is 5.15. The standard InChI is InChI=1S/C15H20FNO2S/c16-12-7-5-11(6-8-12)9-20-10-15(19)17-13-3-1-2-4-14(13)18/h5-8,13-14,18H,1-4,9-10H2,(H,17,19). The summed E-state index contributed by atoms with van der Waals surface area (Å²) in [5.41, 5.74) is 1.00. The first kappa shape index (κ1) is 15.3. The second kappa shape index (κ2) is 7.64. The molecule has 1 aliphatic carbocycles. The molecule has 0 bridgehead atoms. The maximum absolute atomic E-state index is 12.7. The van der Waals surface area contributed by atoms with Crippen molar-refractivity contribution >= 4 is 17.7 Å². The van der Waals surface area contributed by atoms with Gasteiger partial charge in [-0.15, -0.1) is 11.8 Å². The topological polar surface area (TPSA) is 49.3 Å². The maximum atomic E-state index is 12.7. The van der Waals surface area contributed by atoms with Crippen molar-refractivity contribution in [3.8, 4) is 0 Å².